The molecule has 1 N–H and O–H groups in total. The average Bonchev–Trinajstić information content (AvgIpc) is 3.37. The fourth-order valence-electron chi connectivity index (χ4n) is 4.90. The minimum atomic E-state index is -3.95. The van der Waals surface area contributed by atoms with Gasteiger partial charge in [0.1, 0.15) is 0 Å². The highest BCUT2D eigenvalue weighted by molar-refractivity contribution is 7.89. The molecule has 4 rings (SSSR count). The first-order chi connectivity index (χ1) is 14.8. The molecule has 2 aromatic rings. The van der Waals surface area contributed by atoms with Crippen LogP contribution in [-0.4, -0.2) is 29.8 Å². The molecule has 2 aliphatic rings. The third-order valence-corrected chi connectivity index (χ3v) is 8.68. The number of benzene rings is 2. The van der Waals surface area contributed by atoms with E-state index < -0.39 is 28.1 Å². The number of halogens is 1. The van der Waals surface area contributed by atoms with Crippen LogP contribution in [0, 0.1) is 12.8 Å². The second-order valence-corrected chi connectivity index (χ2v) is 10.7. The number of carboxylic acids is 1. The molecule has 1 aliphatic carbocycles. The van der Waals surface area contributed by atoms with E-state index in [-0.39, 0.29) is 10.5 Å². The fourth-order valence-corrected chi connectivity index (χ4v) is 6.99. The Hall–Kier alpha value is -2.15. The zero-order valence-electron chi connectivity index (χ0n) is 17.4. The molecule has 1 fully saturated rings. The smallest absolute Gasteiger partial charge is 0.333 e. The van der Waals surface area contributed by atoms with E-state index in [9.17, 15) is 18.3 Å². The monoisotopic (exact) mass is 459 g/mol. The van der Waals surface area contributed by atoms with Crippen molar-refractivity contribution in [2.75, 3.05) is 0 Å². The maximum Gasteiger partial charge on any atom is 0.333 e. The first-order valence-electron chi connectivity index (χ1n) is 10.6. The quantitative estimate of drug-likeness (QED) is 0.631. The summed E-state index contributed by atoms with van der Waals surface area (Å²) in [5.41, 5.74) is 1.34. The summed E-state index contributed by atoms with van der Waals surface area (Å²) >= 11 is 6.04. The van der Waals surface area contributed by atoms with Gasteiger partial charge in [-0.15, -0.1) is 0 Å². The molecule has 7 heteroatoms. The highest BCUT2D eigenvalue weighted by Crippen LogP contribution is 2.44. The number of hydrogen-bond donors (Lipinski definition) is 1. The molecular formula is C24H26ClNO4S. The molecule has 31 heavy (non-hydrogen) atoms. The van der Waals surface area contributed by atoms with Crippen molar-refractivity contribution in [1.82, 2.24) is 4.31 Å². The number of carbonyl (C=O) groups is 1. The number of aryl methyl sites for hydroxylation is 1. The summed E-state index contributed by atoms with van der Waals surface area (Å²) < 4.78 is 29.3. The van der Waals surface area contributed by atoms with Gasteiger partial charge in [0.05, 0.1) is 16.5 Å². The third kappa shape index (κ3) is 4.29. The van der Waals surface area contributed by atoms with Gasteiger partial charge in [0.25, 0.3) is 0 Å². The van der Waals surface area contributed by atoms with Crippen molar-refractivity contribution in [3.05, 3.63) is 76.3 Å². The summed E-state index contributed by atoms with van der Waals surface area (Å²) in [6.07, 6.45) is 6.66. The fraction of sp³-hybridized carbons (Fsp3) is 0.375. The van der Waals surface area contributed by atoms with Gasteiger partial charge in [-0.3, -0.25) is 0 Å². The molecule has 2 atom stereocenters. The zero-order valence-corrected chi connectivity index (χ0v) is 18.9. The average molecular weight is 460 g/mol. The summed E-state index contributed by atoms with van der Waals surface area (Å²) in [6.45, 7) is 1.76. The Balaban J connectivity index is 1.85. The van der Waals surface area contributed by atoms with Gasteiger partial charge in [-0.05, 0) is 48.6 Å². The summed E-state index contributed by atoms with van der Waals surface area (Å²) in [5, 5.41) is 10.5. The Kier molecular flexibility index (Phi) is 6.24. The maximum atomic E-state index is 13.9. The molecule has 0 unspecified atom stereocenters. The van der Waals surface area contributed by atoms with E-state index in [2.05, 4.69) is 0 Å². The van der Waals surface area contributed by atoms with Crippen LogP contribution in [0.5, 0.6) is 0 Å². The summed E-state index contributed by atoms with van der Waals surface area (Å²) in [6, 6.07) is 12.2. The lowest BCUT2D eigenvalue weighted by Gasteiger charge is -2.32. The van der Waals surface area contributed by atoms with Crippen molar-refractivity contribution in [3.63, 3.8) is 0 Å². The predicted octanol–water partition coefficient (Wildman–Crippen LogP) is 5.35. The normalized spacial score (nSPS) is 22.6. The van der Waals surface area contributed by atoms with Crippen LogP contribution in [0.4, 0.5) is 0 Å². The number of hydrogen-bond acceptors (Lipinski definition) is 3. The topological polar surface area (TPSA) is 74.7 Å². The van der Waals surface area contributed by atoms with Gasteiger partial charge in [0.2, 0.25) is 10.0 Å². The summed E-state index contributed by atoms with van der Waals surface area (Å²) in [5.74, 6) is -0.700. The highest BCUT2D eigenvalue weighted by atomic mass is 35.5. The van der Waals surface area contributed by atoms with Crippen LogP contribution in [-0.2, 0) is 14.8 Å². The Bertz CT molecular complexity index is 1100. The van der Waals surface area contributed by atoms with Crippen LogP contribution in [0.3, 0.4) is 0 Å². The minimum absolute atomic E-state index is 0.0995. The second-order valence-electron chi connectivity index (χ2n) is 8.44. The Morgan fingerprint density at radius 2 is 1.74 bits per heavy atom. The van der Waals surface area contributed by atoms with Gasteiger partial charge in [-0.25, -0.2) is 13.2 Å². The lowest BCUT2D eigenvalue weighted by molar-refractivity contribution is -0.133. The first-order valence-corrected chi connectivity index (χ1v) is 12.4. The number of sulfonamides is 1. The number of nitrogens with zero attached hydrogens (tertiary/aromatic N) is 1. The van der Waals surface area contributed by atoms with Crippen molar-refractivity contribution < 1.29 is 18.3 Å². The predicted molar refractivity (Wildman–Crippen MR) is 120 cm³/mol. The Morgan fingerprint density at radius 3 is 2.35 bits per heavy atom. The van der Waals surface area contributed by atoms with E-state index in [0.29, 0.717) is 28.5 Å². The zero-order chi connectivity index (χ0) is 22.2. The highest BCUT2D eigenvalue weighted by Gasteiger charge is 2.46. The van der Waals surface area contributed by atoms with Crippen LogP contribution < -0.4 is 0 Å². The second kappa shape index (κ2) is 8.77. The van der Waals surface area contributed by atoms with Gasteiger partial charge in [-0.1, -0.05) is 73.7 Å². The summed E-state index contributed by atoms with van der Waals surface area (Å²) in [7, 11) is -3.95. The molecular weight excluding hydrogens is 434 g/mol. The van der Waals surface area contributed by atoms with Crippen LogP contribution in [0.15, 0.2) is 65.1 Å². The third-order valence-electron chi connectivity index (χ3n) is 6.38. The minimum Gasteiger partial charge on any atom is -0.478 e. The van der Waals surface area contributed by atoms with Crippen LogP contribution in [0.1, 0.15) is 49.3 Å². The van der Waals surface area contributed by atoms with Gasteiger partial charge < -0.3 is 5.11 Å². The lowest BCUT2D eigenvalue weighted by atomic mass is 9.98. The van der Waals surface area contributed by atoms with Gasteiger partial charge in [0, 0.05) is 11.1 Å². The van der Waals surface area contributed by atoms with E-state index in [1.54, 1.807) is 61.5 Å². The van der Waals surface area contributed by atoms with Gasteiger partial charge >= 0.3 is 5.97 Å². The molecule has 0 radical (unpaired) electrons. The molecule has 2 aromatic carbocycles. The molecule has 0 saturated heterocycles. The molecule has 0 spiro atoms. The Morgan fingerprint density at radius 1 is 1.10 bits per heavy atom. The number of aliphatic carboxylic acids is 1. The molecule has 0 bridgehead atoms. The van der Waals surface area contributed by atoms with Crippen LogP contribution in [0.2, 0.25) is 5.02 Å². The van der Waals surface area contributed by atoms with Crippen LogP contribution >= 0.6 is 11.6 Å². The molecule has 5 nitrogen and oxygen atoms in total. The molecule has 0 amide bonds. The van der Waals surface area contributed by atoms with Gasteiger partial charge in [0.15, 0.2) is 0 Å². The number of carboxylic acid groups (broad SMARTS) is 1. The van der Waals surface area contributed by atoms with Crippen molar-refractivity contribution in [3.8, 4) is 0 Å². The van der Waals surface area contributed by atoms with E-state index in [1.807, 2.05) is 0 Å². The summed E-state index contributed by atoms with van der Waals surface area (Å²) in [4.78, 5) is 12.4. The molecule has 1 aliphatic heterocycles. The van der Waals surface area contributed by atoms with Crippen molar-refractivity contribution in [2.45, 2.75) is 56.0 Å². The van der Waals surface area contributed by atoms with Gasteiger partial charge in [-0.2, -0.15) is 4.31 Å². The standard InChI is InChI=1S/C24H26ClNO4S/c1-16-6-2-5-9-22(16)31(29,30)26-20(14-17-7-3-4-8-17)15-21(24(27)28)23(26)18-10-12-19(25)13-11-18/h2,5-6,9-13,15,17,20,23H,3-4,7-8,14H2,1H3,(H,27,28)/t20-,23+/m1/s1. The maximum absolute atomic E-state index is 13.9. The molecule has 0 aromatic heterocycles. The molecule has 164 valence electrons. The van der Waals surface area contributed by atoms with E-state index >= 15 is 0 Å². The molecule has 1 heterocycles. The number of rotatable bonds is 6. The largest absolute Gasteiger partial charge is 0.478 e. The van der Waals surface area contributed by atoms with Crippen LogP contribution in [0.25, 0.3) is 0 Å². The Labute approximate surface area is 188 Å². The van der Waals surface area contributed by atoms with E-state index in [0.717, 1.165) is 25.7 Å². The van der Waals surface area contributed by atoms with Crippen molar-refractivity contribution in [1.29, 1.82) is 0 Å². The van der Waals surface area contributed by atoms with E-state index in [4.69, 9.17) is 11.6 Å². The lowest BCUT2D eigenvalue weighted by Crippen LogP contribution is -2.40. The van der Waals surface area contributed by atoms with Crippen molar-refractivity contribution >= 4 is 27.6 Å². The molecule has 1 saturated carbocycles. The first kappa shape index (κ1) is 22.1. The van der Waals surface area contributed by atoms with Crippen molar-refractivity contribution in [2.24, 2.45) is 5.92 Å². The van der Waals surface area contributed by atoms with E-state index in [1.165, 1.54) is 4.31 Å². The SMILES string of the molecule is Cc1ccccc1S(=O)(=O)N1[C@@H](c2ccc(Cl)cc2)C(C(=O)O)=C[C@H]1CC1CCCC1.